The molecule has 0 aliphatic carbocycles. The molecule has 1 aliphatic rings. The quantitative estimate of drug-likeness (QED) is 0.771. The summed E-state index contributed by atoms with van der Waals surface area (Å²) in [6.45, 7) is 6.64. The average molecular weight is 267 g/mol. The summed E-state index contributed by atoms with van der Waals surface area (Å²) in [5.41, 5.74) is 0. The standard InChI is InChI=1S/C15H25NO3/c1-12-9-14(10-13(2)19-12)16-6-4-7-17-11-15-5-3-8-18-15/h3,5,8,12-14,16H,4,6-7,9-11H2,1-2H3. The summed E-state index contributed by atoms with van der Waals surface area (Å²) in [7, 11) is 0. The minimum atomic E-state index is 0.372. The van der Waals surface area contributed by atoms with E-state index in [0.29, 0.717) is 24.9 Å². The molecule has 2 unspecified atom stereocenters. The molecule has 1 aromatic rings. The van der Waals surface area contributed by atoms with Crippen LogP contribution in [0.1, 0.15) is 38.9 Å². The molecule has 0 saturated carbocycles. The van der Waals surface area contributed by atoms with Crippen molar-refractivity contribution in [3.63, 3.8) is 0 Å². The second-order valence-corrected chi connectivity index (χ2v) is 5.37. The second kappa shape index (κ2) is 7.68. The van der Waals surface area contributed by atoms with Gasteiger partial charge in [0.2, 0.25) is 0 Å². The van der Waals surface area contributed by atoms with Gasteiger partial charge in [-0.3, -0.25) is 0 Å². The van der Waals surface area contributed by atoms with Crippen LogP contribution >= 0.6 is 0 Å². The highest BCUT2D eigenvalue weighted by atomic mass is 16.5. The fraction of sp³-hybridized carbons (Fsp3) is 0.733. The van der Waals surface area contributed by atoms with Crippen molar-refractivity contribution in [2.75, 3.05) is 13.2 Å². The summed E-state index contributed by atoms with van der Waals surface area (Å²) in [5.74, 6) is 0.889. The van der Waals surface area contributed by atoms with Gasteiger partial charge in [-0.05, 0) is 51.8 Å². The molecule has 1 aromatic heterocycles. The fourth-order valence-electron chi connectivity index (χ4n) is 2.62. The number of hydrogen-bond acceptors (Lipinski definition) is 4. The van der Waals surface area contributed by atoms with E-state index in [0.717, 1.165) is 38.2 Å². The largest absolute Gasteiger partial charge is 0.467 e. The molecule has 2 heterocycles. The van der Waals surface area contributed by atoms with Gasteiger partial charge in [0.15, 0.2) is 0 Å². The van der Waals surface area contributed by atoms with E-state index in [1.54, 1.807) is 6.26 Å². The van der Waals surface area contributed by atoms with Crippen LogP contribution in [-0.4, -0.2) is 31.4 Å². The third kappa shape index (κ3) is 5.35. The van der Waals surface area contributed by atoms with E-state index in [1.165, 1.54) is 0 Å². The topological polar surface area (TPSA) is 43.6 Å². The summed E-state index contributed by atoms with van der Waals surface area (Å²) >= 11 is 0. The van der Waals surface area contributed by atoms with E-state index < -0.39 is 0 Å². The normalized spacial score (nSPS) is 27.6. The van der Waals surface area contributed by atoms with Crippen molar-refractivity contribution in [2.24, 2.45) is 0 Å². The smallest absolute Gasteiger partial charge is 0.129 e. The first-order chi connectivity index (χ1) is 9.24. The third-order valence-electron chi connectivity index (χ3n) is 3.42. The molecule has 19 heavy (non-hydrogen) atoms. The van der Waals surface area contributed by atoms with Gasteiger partial charge in [-0.25, -0.2) is 0 Å². The predicted octanol–water partition coefficient (Wildman–Crippen LogP) is 2.73. The zero-order valence-corrected chi connectivity index (χ0v) is 11.9. The third-order valence-corrected chi connectivity index (χ3v) is 3.42. The molecule has 1 aliphatic heterocycles. The number of hydrogen-bond donors (Lipinski definition) is 1. The Morgan fingerprint density at radius 1 is 1.32 bits per heavy atom. The Bertz CT molecular complexity index is 329. The predicted molar refractivity (Wildman–Crippen MR) is 74.0 cm³/mol. The molecule has 4 heteroatoms. The molecular weight excluding hydrogens is 242 g/mol. The molecule has 1 N–H and O–H groups in total. The summed E-state index contributed by atoms with van der Waals surface area (Å²) in [5, 5.41) is 3.59. The lowest BCUT2D eigenvalue weighted by Crippen LogP contribution is -2.41. The van der Waals surface area contributed by atoms with Crippen molar-refractivity contribution < 1.29 is 13.9 Å². The van der Waals surface area contributed by atoms with Gasteiger partial charge in [0.05, 0.1) is 18.5 Å². The minimum Gasteiger partial charge on any atom is -0.467 e. The molecule has 0 amide bonds. The summed E-state index contributed by atoms with van der Waals surface area (Å²) in [6, 6.07) is 4.40. The van der Waals surface area contributed by atoms with Gasteiger partial charge in [0.1, 0.15) is 12.4 Å². The van der Waals surface area contributed by atoms with Crippen LogP contribution in [0, 0.1) is 0 Å². The lowest BCUT2D eigenvalue weighted by atomic mass is 10.00. The fourth-order valence-corrected chi connectivity index (χ4v) is 2.62. The van der Waals surface area contributed by atoms with E-state index in [1.807, 2.05) is 12.1 Å². The highest BCUT2D eigenvalue weighted by molar-refractivity contribution is 4.95. The number of rotatable bonds is 7. The van der Waals surface area contributed by atoms with Crippen molar-refractivity contribution in [1.82, 2.24) is 5.32 Å². The van der Waals surface area contributed by atoms with Crippen LogP contribution in [0.4, 0.5) is 0 Å². The Labute approximate surface area is 115 Å². The van der Waals surface area contributed by atoms with E-state index in [-0.39, 0.29) is 0 Å². The van der Waals surface area contributed by atoms with Crippen LogP contribution in [-0.2, 0) is 16.1 Å². The van der Waals surface area contributed by atoms with Gasteiger partial charge in [-0.2, -0.15) is 0 Å². The van der Waals surface area contributed by atoms with E-state index in [4.69, 9.17) is 13.9 Å². The molecule has 1 fully saturated rings. The van der Waals surface area contributed by atoms with Gasteiger partial charge in [0.25, 0.3) is 0 Å². The molecule has 2 rings (SSSR count). The van der Waals surface area contributed by atoms with E-state index >= 15 is 0 Å². The Morgan fingerprint density at radius 2 is 2.11 bits per heavy atom. The van der Waals surface area contributed by atoms with Crippen LogP contribution in [0.5, 0.6) is 0 Å². The van der Waals surface area contributed by atoms with Crippen molar-refractivity contribution >= 4 is 0 Å². The Balaban J connectivity index is 1.49. The van der Waals surface area contributed by atoms with Gasteiger partial charge in [0, 0.05) is 12.6 Å². The van der Waals surface area contributed by atoms with Gasteiger partial charge >= 0.3 is 0 Å². The first-order valence-corrected chi connectivity index (χ1v) is 7.23. The van der Waals surface area contributed by atoms with E-state index in [9.17, 15) is 0 Å². The monoisotopic (exact) mass is 267 g/mol. The van der Waals surface area contributed by atoms with Crippen LogP contribution in [0.2, 0.25) is 0 Å². The number of furan rings is 1. The van der Waals surface area contributed by atoms with Crippen molar-refractivity contribution in [2.45, 2.75) is 58.0 Å². The zero-order chi connectivity index (χ0) is 13.5. The van der Waals surface area contributed by atoms with E-state index in [2.05, 4.69) is 19.2 Å². The molecule has 1 saturated heterocycles. The first-order valence-electron chi connectivity index (χ1n) is 7.23. The SMILES string of the molecule is CC1CC(NCCCOCc2ccco2)CC(C)O1. The Hall–Kier alpha value is -0.840. The highest BCUT2D eigenvalue weighted by Crippen LogP contribution is 2.18. The van der Waals surface area contributed by atoms with Crippen molar-refractivity contribution in [3.05, 3.63) is 24.2 Å². The minimum absolute atomic E-state index is 0.372. The molecule has 0 spiro atoms. The second-order valence-electron chi connectivity index (χ2n) is 5.37. The molecule has 2 atom stereocenters. The van der Waals surface area contributed by atoms with Crippen LogP contribution < -0.4 is 5.32 Å². The Morgan fingerprint density at radius 3 is 2.79 bits per heavy atom. The Kier molecular flexibility index (Phi) is 5.89. The molecular formula is C15H25NO3. The lowest BCUT2D eigenvalue weighted by molar-refractivity contribution is -0.0422. The molecule has 108 valence electrons. The van der Waals surface area contributed by atoms with Crippen molar-refractivity contribution in [1.29, 1.82) is 0 Å². The summed E-state index contributed by atoms with van der Waals surface area (Å²) in [4.78, 5) is 0. The summed E-state index contributed by atoms with van der Waals surface area (Å²) < 4.78 is 16.5. The van der Waals surface area contributed by atoms with Gasteiger partial charge < -0.3 is 19.2 Å². The summed E-state index contributed by atoms with van der Waals surface area (Å²) in [6.07, 6.45) is 5.66. The zero-order valence-electron chi connectivity index (χ0n) is 11.9. The van der Waals surface area contributed by atoms with Crippen molar-refractivity contribution in [3.8, 4) is 0 Å². The van der Waals surface area contributed by atoms with Crippen LogP contribution in [0.3, 0.4) is 0 Å². The molecule has 0 radical (unpaired) electrons. The van der Waals surface area contributed by atoms with Crippen LogP contribution in [0.15, 0.2) is 22.8 Å². The molecule has 0 bridgehead atoms. The number of nitrogens with one attached hydrogen (secondary N) is 1. The average Bonchev–Trinajstić information content (AvgIpc) is 2.85. The maximum atomic E-state index is 5.73. The highest BCUT2D eigenvalue weighted by Gasteiger charge is 2.23. The lowest BCUT2D eigenvalue weighted by Gasteiger charge is -2.32. The number of ether oxygens (including phenoxy) is 2. The van der Waals surface area contributed by atoms with Crippen LogP contribution in [0.25, 0.3) is 0 Å². The molecule has 0 aromatic carbocycles. The maximum absolute atomic E-state index is 5.73. The first kappa shape index (κ1) is 14.6. The maximum Gasteiger partial charge on any atom is 0.129 e. The molecule has 4 nitrogen and oxygen atoms in total. The van der Waals surface area contributed by atoms with Gasteiger partial charge in [-0.1, -0.05) is 0 Å². The van der Waals surface area contributed by atoms with Gasteiger partial charge in [-0.15, -0.1) is 0 Å².